The molecule has 0 radical (unpaired) electrons. The molecule has 25 heavy (non-hydrogen) atoms. The molecule has 3 heterocycles. The van der Waals surface area contributed by atoms with Gasteiger partial charge in [-0.2, -0.15) is 4.98 Å². The van der Waals surface area contributed by atoms with E-state index < -0.39 is 0 Å². The molecule has 7 heteroatoms. The molecule has 2 aliphatic rings. The van der Waals surface area contributed by atoms with E-state index in [-0.39, 0.29) is 12.3 Å². The van der Waals surface area contributed by atoms with E-state index in [1.165, 1.54) is 38.6 Å². The maximum absolute atomic E-state index is 12.5. The van der Waals surface area contributed by atoms with Crippen molar-refractivity contribution in [2.24, 2.45) is 5.92 Å². The van der Waals surface area contributed by atoms with Gasteiger partial charge in [0, 0.05) is 45.1 Å². The minimum atomic E-state index is 0.119. The van der Waals surface area contributed by atoms with Crippen LogP contribution in [0.4, 0.5) is 0 Å². The highest BCUT2D eigenvalue weighted by atomic mass is 16.2. The highest BCUT2D eigenvalue weighted by Gasteiger charge is 2.24. The van der Waals surface area contributed by atoms with Crippen molar-refractivity contribution in [3.63, 3.8) is 0 Å². The number of amides is 1. The van der Waals surface area contributed by atoms with Gasteiger partial charge >= 0.3 is 0 Å². The molecule has 1 saturated carbocycles. The van der Waals surface area contributed by atoms with Crippen molar-refractivity contribution < 1.29 is 4.79 Å². The Morgan fingerprint density at radius 3 is 2.68 bits per heavy atom. The van der Waals surface area contributed by atoms with Crippen LogP contribution < -0.4 is 0 Å². The van der Waals surface area contributed by atoms with Crippen molar-refractivity contribution in [2.75, 3.05) is 32.7 Å². The van der Waals surface area contributed by atoms with E-state index >= 15 is 0 Å². The van der Waals surface area contributed by atoms with Gasteiger partial charge in [-0.15, -0.1) is 5.10 Å². The van der Waals surface area contributed by atoms with Crippen LogP contribution >= 0.6 is 0 Å². The molecule has 7 nitrogen and oxygen atoms in total. The first-order valence-electron chi connectivity index (χ1n) is 9.44. The standard InChI is InChI=1S/C18H26N6O/c25-17(13-16-20-18-19-7-4-8-24(18)21-16)23-11-9-22(10-12-23)14-15-5-2-1-3-6-15/h4,7-8,15H,1-3,5-6,9-14H2. The Morgan fingerprint density at radius 2 is 1.92 bits per heavy atom. The lowest BCUT2D eigenvalue weighted by Crippen LogP contribution is -2.50. The molecule has 0 bridgehead atoms. The van der Waals surface area contributed by atoms with Gasteiger partial charge in [0.2, 0.25) is 5.91 Å². The summed E-state index contributed by atoms with van der Waals surface area (Å²) in [5, 5.41) is 4.32. The normalized spacial score (nSPS) is 20.2. The zero-order chi connectivity index (χ0) is 17.1. The zero-order valence-corrected chi connectivity index (χ0v) is 14.7. The van der Waals surface area contributed by atoms with Gasteiger partial charge in [-0.3, -0.25) is 9.69 Å². The summed E-state index contributed by atoms with van der Waals surface area (Å²) in [7, 11) is 0. The number of hydrogen-bond acceptors (Lipinski definition) is 5. The second-order valence-electron chi connectivity index (χ2n) is 7.25. The van der Waals surface area contributed by atoms with Crippen LogP contribution in [0.15, 0.2) is 18.5 Å². The lowest BCUT2D eigenvalue weighted by Gasteiger charge is -2.37. The number of carbonyl (C=O) groups excluding carboxylic acids is 1. The van der Waals surface area contributed by atoms with E-state index in [1.54, 1.807) is 23.0 Å². The van der Waals surface area contributed by atoms with Crippen LogP contribution in [-0.2, 0) is 11.2 Å². The lowest BCUT2D eigenvalue weighted by atomic mass is 9.89. The molecular formula is C18H26N6O. The lowest BCUT2D eigenvalue weighted by molar-refractivity contribution is -0.132. The van der Waals surface area contributed by atoms with E-state index in [0.29, 0.717) is 11.6 Å². The van der Waals surface area contributed by atoms with E-state index in [1.807, 2.05) is 4.90 Å². The molecule has 1 saturated heterocycles. The van der Waals surface area contributed by atoms with Gasteiger partial charge in [0.05, 0.1) is 6.42 Å². The number of carbonyl (C=O) groups is 1. The third-order valence-corrected chi connectivity index (χ3v) is 5.44. The monoisotopic (exact) mass is 342 g/mol. The van der Waals surface area contributed by atoms with Crippen molar-refractivity contribution in [1.82, 2.24) is 29.4 Å². The van der Waals surface area contributed by atoms with Gasteiger partial charge in [0.25, 0.3) is 5.78 Å². The Kier molecular flexibility index (Phi) is 4.92. The van der Waals surface area contributed by atoms with Crippen LogP contribution in [0.2, 0.25) is 0 Å². The van der Waals surface area contributed by atoms with Crippen molar-refractivity contribution in [1.29, 1.82) is 0 Å². The molecule has 2 aromatic rings. The summed E-state index contributed by atoms with van der Waals surface area (Å²) in [5.41, 5.74) is 0. The summed E-state index contributed by atoms with van der Waals surface area (Å²) in [4.78, 5) is 25.5. The molecule has 0 unspecified atom stereocenters. The molecule has 1 aliphatic heterocycles. The third-order valence-electron chi connectivity index (χ3n) is 5.44. The van der Waals surface area contributed by atoms with Crippen LogP contribution in [0.5, 0.6) is 0 Å². The minimum Gasteiger partial charge on any atom is -0.340 e. The molecule has 0 aromatic carbocycles. The van der Waals surface area contributed by atoms with Gasteiger partial charge in [-0.1, -0.05) is 19.3 Å². The van der Waals surface area contributed by atoms with Crippen LogP contribution in [0.25, 0.3) is 5.78 Å². The molecule has 0 N–H and O–H groups in total. The maximum atomic E-state index is 12.5. The van der Waals surface area contributed by atoms with E-state index in [0.717, 1.165) is 32.1 Å². The van der Waals surface area contributed by atoms with E-state index in [4.69, 9.17) is 0 Å². The number of rotatable bonds is 4. The molecule has 2 fully saturated rings. The summed E-state index contributed by atoms with van der Waals surface area (Å²) in [6.45, 7) is 4.82. The number of nitrogens with zero attached hydrogens (tertiary/aromatic N) is 6. The fourth-order valence-corrected chi connectivity index (χ4v) is 4.01. The first-order valence-corrected chi connectivity index (χ1v) is 9.44. The van der Waals surface area contributed by atoms with Gasteiger partial charge in [-0.25, -0.2) is 9.50 Å². The van der Waals surface area contributed by atoms with Gasteiger partial charge in [-0.05, 0) is 24.8 Å². The van der Waals surface area contributed by atoms with Crippen molar-refractivity contribution in [3.05, 3.63) is 24.3 Å². The first kappa shape index (κ1) is 16.4. The SMILES string of the molecule is O=C(Cc1nc2ncccn2n1)N1CCN(CC2CCCCC2)CC1. The average Bonchev–Trinajstić information content (AvgIpc) is 3.05. The number of fused-ring (bicyclic) bond motifs is 1. The average molecular weight is 342 g/mol. The van der Waals surface area contributed by atoms with Gasteiger partial charge < -0.3 is 4.90 Å². The summed E-state index contributed by atoms with van der Waals surface area (Å²) in [6.07, 6.45) is 10.7. The molecule has 4 rings (SSSR count). The van der Waals surface area contributed by atoms with Crippen LogP contribution in [0.1, 0.15) is 37.9 Å². The third kappa shape index (κ3) is 3.98. The highest BCUT2D eigenvalue weighted by molar-refractivity contribution is 5.78. The predicted molar refractivity (Wildman–Crippen MR) is 94.1 cm³/mol. The molecule has 134 valence electrons. The maximum Gasteiger partial charge on any atom is 0.252 e. The largest absolute Gasteiger partial charge is 0.340 e. The predicted octanol–water partition coefficient (Wildman–Crippen LogP) is 1.39. The molecular weight excluding hydrogens is 316 g/mol. The number of aromatic nitrogens is 4. The second-order valence-corrected chi connectivity index (χ2v) is 7.25. The molecule has 1 amide bonds. The highest BCUT2D eigenvalue weighted by Crippen LogP contribution is 2.24. The second kappa shape index (κ2) is 7.47. The van der Waals surface area contributed by atoms with E-state index in [9.17, 15) is 4.79 Å². The summed E-state index contributed by atoms with van der Waals surface area (Å²) in [6, 6.07) is 1.80. The molecule has 0 atom stereocenters. The summed E-state index contributed by atoms with van der Waals surface area (Å²) >= 11 is 0. The molecule has 2 aromatic heterocycles. The van der Waals surface area contributed by atoms with Gasteiger partial charge in [0.15, 0.2) is 5.82 Å². The van der Waals surface area contributed by atoms with Crippen molar-refractivity contribution in [2.45, 2.75) is 38.5 Å². The van der Waals surface area contributed by atoms with Crippen molar-refractivity contribution >= 4 is 11.7 Å². The van der Waals surface area contributed by atoms with E-state index in [2.05, 4.69) is 20.0 Å². The smallest absolute Gasteiger partial charge is 0.252 e. The minimum absolute atomic E-state index is 0.119. The Balaban J connectivity index is 1.27. The number of piperazine rings is 1. The molecule has 1 aliphatic carbocycles. The van der Waals surface area contributed by atoms with Crippen LogP contribution in [0.3, 0.4) is 0 Å². The fourth-order valence-electron chi connectivity index (χ4n) is 4.01. The first-order chi connectivity index (χ1) is 12.3. The molecule has 0 spiro atoms. The zero-order valence-electron chi connectivity index (χ0n) is 14.7. The number of hydrogen-bond donors (Lipinski definition) is 0. The summed E-state index contributed by atoms with van der Waals surface area (Å²) < 4.78 is 1.62. The Bertz CT molecular complexity index is 682. The van der Waals surface area contributed by atoms with Crippen LogP contribution in [0, 0.1) is 5.92 Å². The quantitative estimate of drug-likeness (QED) is 0.840. The Hall–Kier alpha value is -2.02. The summed E-state index contributed by atoms with van der Waals surface area (Å²) in [5.74, 6) is 2.08. The Labute approximate surface area is 148 Å². The van der Waals surface area contributed by atoms with Crippen molar-refractivity contribution in [3.8, 4) is 0 Å². The van der Waals surface area contributed by atoms with Crippen LogP contribution in [-0.4, -0.2) is 68.0 Å². The van der Waals surface area contributed by atoms with Gasteiger partial charge in [0.1, 0.15) is 0 Å². The topological polar surface area (TPSA) is 66.6 Å². The fraction of sp³-hybridized carbons (Fsp3) is 0.667. The Morgan fingerprint density at radius 1 is 1.12 bits per heavy atom.